The van der Waals surface area contributed by atoms with E-state index < -0.39 is 0 Å². The van der Waals surface area contributed by atoms with Crippen LogP contribution in [0.2, 0.25) is 0 Å². The third-order valence-electron chi connectivity index (χ3n) is 3.32. The van der Waals surface area contributed by atoms with Crippen LogP contribution >= 0.6 is 0 Å². The van der Waals surface area contributed by atoms with Crippen LogP contribution in [0.3, 0.4) is 0 Å². The number of carbonyl (C=O) groups excluding carboxylic acids is 1. The predicted octanol–water partition coefficient (Wildman–Crippen LogP) is 1.43. The molecule has 1 N–H and O–H groups in total. The van der Waals surface area contributed by atoms with E-state index in [2.05, 4.69) is 21.9 Å². The van der Waals surface area contributed by atoms with Crippen LogP contribution in [0.15, 0.2) is 11.6 Å². The van der Waals surface area contributed by atoms with Crippen LogP contribution in [0.25, 0.3) is 0 Å². The summed E-state index contributed by atoms with van der Waals surface area (Å²) in [5.74, 6) is 0.400. The number of ether oxygens (including phenoxy) is 1. The molecule has 0 aliphatic carbocycles. The van der Waals surface area contributed by atoms with Gasteiger partial charge < -0.3 is 15.0 Å². The first-order valence-electron chi connectivity index (χ1n) is 6.81. The molecule has 1 saturated heterocycles. The van der Waals surface area contributed by atoms with Crippen molar-refractivity contribution in [2.24, 2.45) is 5.92 Å². The summed E-state index contributed by atoms with van der Waals surface area (Å²) in [6.45, 7) is 9.44. The highest BCUT2D eigenvalue weighted by molar-refractivity contribution is 5.87. The highest BCUT2D eigenvalue weighted by atomic mass is 16.5. The molecular weight excluding hydrogens is 228 g/mol. The monoisotopic (exact) mass is 254 g/mol. The van der Waals surface area contributed by atoms with Crippen molar-refractivity contribution in [2.45, 2.75) is 26.7 Å². The highest BCUT2D eigenvalue weighted by Gasteiger charge is 2.14. The zero-order chi connectivity index (χ0) is 13.4. The van der Waals surface area contributed by atoms with Crippen LogP contribution in [-0.4, -0.2) is 50.7 Å². The molecule has 0 aromatic rings. The van der Waals surface area contributed by atoms with E-state index in [-0.39, 0.29) is 5.97 Å². The van der Waals surface area contributed by atoms with Crippen molar-refractivity contribution in [3.63, 3.8) is 0 Å². The first-order valence-corrected chi connectivity index (χ1v) is 6.81. The second kappa shape index (κ2) is 8.27. The van der Waals surface area contributed by atoms with Crippen molar-refractivity contribution in [2.75, 3.05) is 39.8 Å². The highest BCUT2D eigenvalue weighted by Crippen LogP contribution is 2.09. The smallest absolute Gasteiger partial charge is 0.333 e. The molecule has 1 aliphatic heterocycles. The van der Waals surface area contributed by atoms with Gasteiger partial charge in [-0.25, -0.2) is 4.79 Å². The third kappa shape index (κ3) is 5.65. The molecule has 4 heteroatoms. The van der Waals surface area contributed by atoms with E-state index in [1.54, 1.807) is 6.92 Å². The number of esters is 1. The van der Waals surface area contributed by atoms with Crippen molar-refractivity contribution in [1.82, 2.24) is 10.2 Å². The normalized spacial score (nSPS) is 18.9. The molecule has 1 unspecified atom stereocenters. The fraction of sp³-hybridized carbons (Fsp3) is 0.786. The average Bonchev–Trinajstić information content (AvgIpc) is 2.86. The summed E-state index contributed by atoms with van der Waals surface area (Å²) in [5, 5.41) is 3.36. The van der Waals surface area contributed by atoms with Gasteiger partial charge in [0.1, 0.15) is 0 Å². The molecule has 0 amide bonds. The SMILES string of the molecule is COC(=O)C(C)=CCNCC(C)CN1CCCC1. The molecule has 1 rings (SSSR count). The fourth-order valence-corrected chi connectivity index (χ4v) is 2.27. The second-order valence-corrected chi connectivity index (χ2v) is 5.15. The Morgan fingerprint density at radius 3 is 2.72 bits per heavy atom. The standard InChI is InChI=1S/C14H26N2O2/c1-12(11-16-8-4-5-9-16)10-15-7-6-13(2)14(17)18-3/h6,12,15H,4-5,7-11H2,1-3H3. The number of rotatable bonds is 7. The van der Waals surface area contributed by atoms with Gasteiger partial charge in [0.05, 0.1) is 7.11 Å². The van der Waals surface area contributed by atoms with Gasteiger partial charge in [-0.15, -0.1) is 0 Å². The molecule has 0 aromatic heterocycles. The van der Waals surface area contributed by atoms with Crippen LogP contribution in [0.5, 0.6) is 0 Å². The summed E-state index contributed by atoms with van der Waals surface area (Å²) in [6, 6.07) is 0. The number of likely N-dealkylation sites (tertiary alicyclic amines) is 1. The Kier molecular flexibility index (Phi) is 6.98. The molecular formula is C14H26N2O2. The number of nitrogens with zero attached hydrogens (tertiary/aromatic N) is 1. The lowest BCUT2D eigenvalue weighted by atomic mass is 10.1. The van der Waals surface area contributed by atoms with Crippen molar-refractivity contribution in [1.29, 1.82) is 0 Å². The number of carbonyl (C=O) groups is 1. The average molecular weight is 254 g/mol. The van der Waals surface area contributed by atoms with Gasteiger partial charge in [0.25, 0.3) is 0 Å². The molecule has 1 heterocycles. The first-order chi connectivity index (χ1) is 8.63. The minimum absolute atomic E-state index is 0.248. The molecule has 4 nitrogen and oxygen atoms in total. The summed E-state index contributed by atoms with van der Waals surface area (Å²) in [5.41, 5.74) is 0.664. The van der Waals surface area contributed by atoms with Gasteiger partial charge in [-0.1, -0.05) is 13.0 Å². The van der Waals surface area contributed by atoms with Crippen LogP contribution in [0.1, 0.15) is 26.7 Å². The van der Waals surface area contributed by atoms with Gasteiger partial charge >= 0.3 is 5.97 Å². The Morgan fingerprint density at radius 1 is 1.44 bits per heavy atom. The molecule has 104 valence electrons. The Morgan fingerprint density at radius 2 is 2.11 bits per heavy atom. The van der Waals surface area contributed by atoms with E-state index in [1.165, 1.54) is 39.6 Å². The molecule has 1 atom stereocenters. The topological polar surface area (TPSA) is 41.6 Å². The van der Waals surface area contributed by atoms with Gasteiger partial charge in [-0.3, -0.25) is 0 Å². The Hall–Kier alpha value is -0.870. The quantitative estimate of drug-likeness (QED) is 0.424. The summed E-state index contributed by atoms with van der Waals surface area (Å²) in [4.78, 5) is 13.7. The lowest BCUT2D eigenvalue weighted by Crippen LogP contribution is -2.31. The van der Waals surface area contributed by atoms with Gasteiger partial charge in [0, 0.05) is 18.7 Å². The molecule has 1 aliphatic rings. The lowest BCUT2D eigenvalue weighted by molar-refractivity contribution is -0.136. The summed E-state index contributed by atoms with van der Waals surface area (Å²) >= 11 is 0. The number of methoxy groups -OCH3 is 1. The van der Waals surface area contributed by atoms with Crippen LogP contribution in [0.4, 0.5) is 0 Å². The van der Waals surface area contributed by atoms with E-state index >= 15 is 0 Å². The van der Waals surface area contributed by atoms with Crippen LogP contribution in [0, 0.1) is 5.92 Å². The van der Waals surface area contributed by atoms with Gasteiger partial charge in [0.15, 0.2) is 0 Å². The molecule has 1 fully saturated rings. The Bertz CT molecular complexity index is 284. The number of hydrogen-bond donors (Lipinski definition) is 1. The Balaban J connectivity index is 2.11. The molecule has 0 spiro atoms. The van der Waals surface area contributed by atoms with E-state index in [4.69, 9.17) is 0 Å². The lowest BCUT2D eigenvalue weighted by Gasteiger charge is -2.20. The third-order valence-corrected chi connectivity index (χ3v) is 3.32. The summed E-state index contributed by atoms with van der Waals surface area (Å²) in [6.07, 6.45) is 4.58. The van der Waals surface area contributed by atoms with E-state index in [0.29, 0.717) is 11.5 Å². The van der Waals surface area contributed by atoms with Crippen molar-refractivity contribution in [3.8, 4) is 0 Å². The van der Waals surface area contributed by atoms with E-state index in [0.717, 1.165) is 13.1 Å². The maximum Gasteiger partial charge on any atom is 0.333 e. The fourth-order valence-electron chi connectivity index (χ4n) is 2.27. The second-order valence-electron chi connectivity index (χ2n) is 5.15. The van der Waals surface area contributed by atoms with Crippen LogP contribution in [-0.2, 0) is 9.53 Å². The van der Waals surface area contributed by atoms with Crippen molar-refractivity contribution < 1.29 is 9.53 Å². The van der Waals surface area contributed by atoms with Crippen LogP contribution < -0.4 is 5.32 Å². The summed E-state index contributed by atoms with van der Waals surface area (Å²) < 4.78 is 4.64. The first kappa shape index (κ1) is 15.2. The zero-order valence-electron chi connectivity index (χ0n) is 11.9. The maximum atomic E-state index is 11.1. The minimum Gasteiger partial charge on any atom is -0.466 e. The van der Waals surface area contributed by atoms with Gasteiger partial charge in [-0.2, -0.15) is 0 Å². The molecule has 0 aromatic carbocycles. The number of hydrogen-bond acceptors (Lipinski definition) is 4. The number of nitrogens with one attached hydrogen (secondary N) is 1. The largest absolute Gasteiger partial charge is 0.466 e. The molecule has 0 radical (unpaired) electrons. The maximum absolute atomic E-state index is 11.1. The predicted molar refractivity (Wildman–Crippen MR) is 73.5 cm³/mol. The molecule has 0 bridgehead atoms. The van der Waals surface area contributed by atoms with Crippen molar-refractivity contribution in [3.05, 3.63) is 11.6 Å². The van der Waals surface area contributed by atoms with Crippen molar-refractivity contribution >= 4 is 5.97 Å². The molecule has 18 heavy (non-hydrogen) atoms. The van der Waals surface area contributed by atoms with E-state index in [1.807, 2.05) is 6.08 Å². The zero-order valence-corrected chi connectivity index (χ0v) is 11.9. The van der Waals surface area contributed by atoms with Gasteiger partial charge in [0.2, 0.25) is 0 Å². The molecule has 0 saturated carbocycles. The Labute approximate surface area is 110 Å². The van der Waals surface area contributed by atoms with E-state index in [9.17, 15) is 4.79 Å². The summed E-state index contributed by atoms with van der Waals surface area (Å²) in [7, 11) is 1.41. The van der Waals surface area contributed by atoms with Gasteiger partial charge in [-0.05, 0) is 45.3 Å². The minimum atomic E-state index is -0.248.